The van der Waals surface area contributed by atoms with Gasteiger partial charge in [-0.15, -0.1) is 0 Å². The summed E-state index contributed by atoms with van der Waals surface area (Å²) in [5.41, 5.74) is 5.52. The highest BCUT2D eigenvalue weighted by Gasteiger charge is 2.15. The van der Waals surface area contributed by atoms with Crippen LogP contribution in [-0.2, 0) is 0 Å². The van der Waals surface area contributed by atoms with Gasteiger partial charge in [0, 0.05) is 0 Å². The molecule has 68 valence electrons. The summed E-state index contributed by atoms with van der Waals surface area (Å²) in [4.78, 5) is 3.54. The molecule has 1 atom stereocenters. The van der Waals surface area contributed by atoms with Crippen molar-refractivity contribution in [1.29, 1.82) is 0 Å². The van der Waals surface area contributed by atoms with Crippen molar-refractivity contribution in [3.8, 4) is 0 Å². The first-order valence-corrected chi connectivity index (χ1v) is 3.61. The van der Waals surface area contributed by atoms with Crippen molar-refractivity contribution >= 4 is 0 Å². The Kier molecular flexibility index (Phi) is 2.69. The molecule has 1 unspecified atom stereocenters. The lowest BCUT2D eigenvalue weighted by Crippen LogP contribution is -2.10. The van der Waals surface area contributed by atoms with E-state index in [-0.39, 0.29) is 11.9 Å². The summed E-state index contributed by atoms with van der Waals surface area (Å²) in [6.07, 6.45) is -1.99. The normalized spacial score (nSPS) is 13.8. The quantitative estimate of drug-likeness (QED) is 0.725. The predicted molar refractivity (Wildman–Crippen MR) is 38.6 cm³/mol. The summed E-state index contributed by atoms with van der Waals surface area (Å²) < 4.78 is 23.9. The number of aromatic nitrogens is 3. The van der Waals surface area contributed by atoms with E-state index in [0.29, 0.717) is 6.42 Å². The van der Waals surface area contributed by atoms with Gasteiger partial charge in [0.25, 0.3) is 6.43 Å². The van der Waals surface area contributed by atoms with Gasteiger partial charge >= 0.3 is 0 Å². The summed E-state index contributed by atoms with van der Waals surface area (Å²) in [7, 11) is 0. The van der Waals surface area contributed by atoms with Gasteiger partial charge < -0.3 is 5.73 Å². The largest absolute Gasteiger partial charge is 0.321 e. The van der Waals surface area contributed by atoms with E-state index >= 15 is 0 Å². The first-order valence-electron chi connectivity index (χ1n) is 3.61. The molecule has 0 aliphatic heterocycles. The summed E-state index contributed by atoms with van der Waals surface area (Å²) in [6, 6.07) is -0.367. The topological polar surface area (TPSA) is 67.6 Å². The minimum absolute atomic E-state index is 0.243. The van der Waals surface area contributed by atoms with Crippen LogP contribution in [0.4, 0.5) is 8.78 Å². The maximum atomic E-state index is 12.0. The number of aromatic amines is 1. The standard InChI is InChI=1S/C6H10F2N4/c1-2-3(9)5-10-6(4(7)8)12-11-5/h3-4H,2,9H2,1H3,(H,10,11,12). The summed E-state index contributed by atoms with van der Waals surface area (Å²) in [6.45, 7) is 1.84. The van der Waals surface area contributed by atoms with Crippen LogP contribution in [0.5, 0.6) is 0 Å². The van der Waals surface area contributed by atoms with Crippen molar-refractivity contribution in [3.63, 3.8) is 0 Å². The Bertz CT molecular complexity index is 247. The Hall–Kier alpha value is -1.04. The summed E-state index contributed by atoms with van der Waals surface area (Å²) in [5.74, 6) is -0.179. The molecule has 0 aromatic carbocycles. The number of rotatable bonds is 3. The van der Waals surface area contributed by atoms with Gasteiger partial charge in [0.15, 0.2) is 11.6 Å². The highest BCUT2D eigenvalue weighted by molar-refractivity contribution is 4.95. The van der Waals surface area contributed by atoms with Crippen molar-refractivity contribution in [3.05, 3.63) is 11.6 Å². The van der Waals surface area contributed by atoms with Crippen molar-refractivity contribution in [1.82, 2.24) is 15.2 Å². The number of hydrogen-bond acceptors (Lipinski definition) is 3. The molecule has 0 amide bonds. The molecule has 0 spiro atoms. The van der Waals surface area contributed by atoms with E-state index in [1.807, 2.05) is 6.92 Å². The van der Waals surface area contributed by atoms with Crippen LogP contribution in [0.1, 0.15) is 37.5 Å². The summed E-state index contributed by atoms with van der Waals surface area (Å²) in [5, 5.41) is 5.70. The van der Waals surface area contributed by atoms with Crippen LogP contribution in [-0.4, -0.2) is 15.2 Å². The van der Waals surface area contributed by atoms with Crippen LogP contribution in [0.2, 0.25) is 0 Å². The van der Waals surface area contributed by atoms with Gasteiger partial charge in [-0.25, -0.2) is 13.8 Å². The molecule has 0 saturated carbocycles. The van der Waals surface area contributed by atoms with E-state index in [4.69, 9.17) is 5.73 Å². The number of alkyl halides is 2. The highest BCUT2D eigenvalue weighted by atomic mass is 19.3. The molecule has 1 aromatic heterocycles. The molecule has 0 bridgehead atoms. The molecule has 1 heterocycles. The Balaban J connectivity index is 2.77. The Morgan fingerprint density at radius 3 is 2.67 bits per heavy atom. The maximum absolute atomic E-state index is 12.0. The molecule has 0 fully saturated rings. The lowest BCUT2D eigenvalue weighted by molar-refractivity contribution is 0.140. The average Bonchev–Trinajstić information content (AvgIpc) is 2.51. The van der Waals surface area contributed by atoms with E-state index in [0.717, 1.165) is 0 Å². The second-order valence-electron chi connectivity index (χ2n) is 2.39. The smallest absolute Gasteiger partial charge is 0.296 e. The van der Waals surface area contributed by atoms with E-state index in [1.54, 1.807) is 0 Å². The van der Waals surface area contributed by atoms with Gasteiger partial charge in [0.2, 0.25) is 0 Å². The molecule has 1 aromatic rings. The average molecular weight is 176 g/mol. The monoisotopic (exact) mass is 176 g/mol. The molecule has 0 saturated heterocycles. The molecule has 0 aliphatic rings. The lowest BCUT2D eigenvalue weighted by atomic mass is 10.2. The first kappa shape index (κ1) is 9.05. The van der Waals surface area contributed by atoms with Gasteiger partial charge in [-0.2, -0.15) is 5.10 Å². The van der Waals surface area contributed by atoms with E-state index in [2.05, 4.69) is 15.2 Å². The van der Waals surface area contributed by atoms with Gasteiger partial charge in [-0.05, 0) is 6.42 Å². The van der Waals surface area contributed by atoms with Crippen LogP contribution in [0, 0.1) is 0 Å². The minimum atomic E-state index is -2.62. The molecule has 12 heavy (non-hydrogen) atoms. The number of nitrogens with two attached hydrogens (primary N) is 1. The fourth-order valence-electron chi connectivity index (χ4n) is 0.734. The number of nitrogens with one attached hydrogen (secondary N) is 1. The van der Waals surface area contributed by atoms with E-state index in [1.165, 1.54) is 0 Å². The second kappa shape index (κ2) is 3.57. The zero-order chi connectivity index (χ0) is 9.14. The van der Waals surface area contributed by atoms with Crippen LogP contribution >= 0.6 is 0 Å². The Labute approximate surface area is 68.2 Å². The Morgan fingerprint density at radius 2 is 2.25 bits per heavy atom. The fraction of sp³-hybridized carbons (Fsp3) is 0.667. The zero-order valence-electron chi connectivity index (χ0n) is 6.59. The van der Waals surface area contributed by atoms with Crippen LogP contribution in [0.25, 0.3) is 0 Å². The molecule has 0 aliphatic carbocycles. The van der Waals surface area contributed by atoms with Crippen molar-refractivity contribution < 1.29 is 8.78 Å². The number of nitrogens with zero attached hydrogens (tertiary/aromatic N) is 2. The van der Waals surface area contributed by atoms with Gasteiger partial charge in [-0.3, -0.25) is 5.10 Å². The summed E-state index contributed by atoms with van der Waals surface area (Å²) >= 11 is 0. The van der Waals surface area contributed by atoms with Crippen molar-refractivity contribution in [2.24, 2.45) is 5.73 Å². The maximum Gasteiger partial charge on any atom is 0.296 e. The highest BCUT2D eigenvalue weighted by Crippen LogP contribution is 2.15. The molecule has 3 N–H and O–H groups in total. The van der Waals surface area contributed by atoms with E-state index in [9.17, 15) is 8.78 Å². The molecule has 1 rings (SSSR count). The number of hydrogen-bond donors (Lipinski definition) is 2. The molecule has 4 nitrogen and oxygen atoms in total. The molecule has 6 heteroatoms. The second-order valence-corrected chi connectivity index (χ2v) is 2.39. The molecule has 0 radical (unpaired) electrons. The SMILES string of the molecule is CCC(N)c1n[nH]c(C(F)F)n1. The Morgan fingerprint density at radius 1 is 1.58 bits per heavy atom. The van der Waals surface area contributed by atoms with Crippen LogP contribution < -0.4 is 5.73 Å². The predicted octanol–water partition coefficient (Wildman–Crippen LogP) is 1.15. The van der Waals surface area contributed by atoms with Gasteiger partial charge in [-0.1, -0.05) is 6.92 Å². The molecular formula is C6H10F2N4. The third-order valence-electron chi connectivity index (χ3n) is 1.50. The molecular weight excluding hydrogens is 166 g/mol. The first-order chi connectivity index (χ1) is 5.65. The third-order valence-corrected chi connectivity index (χ3v) is 1.50. The van der Waals surface area contributed by atoms with Crippen molar-refractivity contribution in [2.75, 3.05) is 0 Å². The van der Waals surface area contributed by atoms with Gasteiger partial charge in [0.05, 0.1) is 6.04 Å². The number of halogens is 2. The minimum Gasteiger partial charge on any atom is -0.321 e. The lowest BCUT2D eigenvalue weighted by Gasteiger charge is -2.00. The third kappa shape index (κ3) is 1.76. The fourth-order valence-corrected chi connectivity index (χ4v) is 0.734. The van der Waals surface area contributed by atoms with Gasteiger partial charge in [0.1, 0.15) is 0 Å². The number of H-pyrrole nitrogens is 1. The van der Waals surface area contributed by atoms with Crippen LogP contribution in [0.3, 0.4) is 0 Å². The van der Waals surface area contributed by atoms with Crippen LogP contribution in [0.15, 0.2) is 0 Å². The van der Waals surface area contributed by atoms with E-state index < -0.39 is 12.2 Å². The van der Waals surface area contributed by atoms with Crippen molar-refractivity contribution in [2.45, 2.75) is 25.8 Å². The zero-order valence-corrected chi connectivity index (χ0v) is 6.59.